The highest BCUT2D eigenvalue weighted by Crippen LogP contribution is 2.36. The van der Waals surface area contributed by atoms with Crippen LogP contribution in [-0.2, 0) is 0 Å². The van der Waals surface area contributed by atoms with Crippen LogP contribution in [-0.4, -0.2) is 16.1 Å². The molecule has 0 bridgehead atoms. The van der Waals surface area contributed by atoms with Crippen molar-refractivity contribution in [3.63, 3.8) is 0 Å². The van der Waals surface area contributed by atoms with Crippen molar-refractivity contribution in [2.24, 2.45) is 0 Å². The van der Waals surface area contributed by atoms with Gasteiger partial charge in [0.25, 0.3) is 0 Å². The van der Waals surface area contributed by atoms with E-state index >= 15 is 0 Å². The van der Waals surface area contributed by atoms with E-state index in [4.69, 9.17) is 5.11 Å². The Morgan fingerprint density at radius 3 is 2.60 bits per heavy atom. The Balaban J connectivity index is 2.54. The highest BCUT2D eigenvalue weighted by atomic mass is 32.1. The molecular formula is C10H9NO2S2. The number of hydrogen-bond acceptors (Lipinski definition) is 4. The Morgan fingerprint density at radius 2 is 2.13 bits per heavy atom. The lowest BCUT2D eigenvalue weighted by Gasteiger charge is -1.94. The van der Waals surface area contributed by atoms with Crippen LogP contribution in [0, 0.1) is 13.8 Å². The van der Waals surface area contributed by atoms with Crippen molar-refractivity contribution < 1.29 is 9.90 Å². The second-order valence-corrected chi connectivity index (χ2v) is 5.10. The summed E-state index contributed by atoms with van der Waals surface area (Å²) in [6, 6.07) is 1.71. The van der Waals surface area contributed by atoms with Gasteiger partial charge >= 0.3 is 5.97 Å². The Bertz CT molecular complexity index is 513. The van der Waals surface area contributed by atoms with Crippen LogP contribution < -0.4 is 0 Å². The van der Waals surface area contributed by atoms with E-state index in [2.05, 4.69) is 4.98 Å². The second-order valence-electron chi connectivity index (χ2n) is 3.19. The first-order valence-corrected chi connectivity index (χ1v) is 6.03. The Hall–Kier alpha value is -1.20. The first kappa shape index (κ1) is 10.3. The predicted molar refractivity (Wildman–Crippen MR) is 61.9 cm³/mol. The zero-order chi connectivity index (χ0) is 11.0. The van der Waals surface area contributed by atoms with Gasteiger partial charge in [0.05, 0.1) is 16.1 Å². The fourth-order valence-corrected chi connectivity index (χ4v) is 3.41. The number of thiazole rings is 1. The zero-order valence-electron chi connectivity index (χ0n) is 8.27. The molecule has 2 heterocycles. The van der Waals surface area contributed by atoms with Gasteiger partial charge in [0.1, 0.15) is 4.88 Å². The summed E-state index contributed by atoms with van der Waals surface area (Å²) in [5, 5.41) is 8.89. The molecule has 0 amide bonds. The smallest absolute Gasteiger partial charge is 0.345 e. The molecule has 5 heteroatoms. The highest BCUT2D eigenvalue weighted by Gasteiger charge is 2.15. The number of nitrogens with zero attached hydrogens (tertiary/aromatic N) is 1. The minimum absolute atomic E-state index is 0.385. The standard InChI is InChI=1S/C10H9NO2S2/c1-5-3-7(10(12)13)15-8(5)9-6(2)11-4-14-9/h3-4H,1-2H3,(H,12,13). The van der Waals surface area contributed by atoms with Crippen molar-refractivity contribution in [2.75, 3.05) is 0 Å². The van der Waals surface area contributed by atoms with Crippen molar-refractivity contribution in [2.45, 2.75) is 13.8 Å². The molecule has 0 aliphatic heterocycles. The van der Waals surface area contributed by atoms with Gasteiger partial charge in [0, 0.05) is 4.88 Å². The maximum absolute atomic E-state index is 10.8. The van der Waals surface area contributed by atoms with Gasteiger partial charge in [-0.2, -0.15) is 0 Å². The Morgan fingerprint density at radius 1 is 1.40 bits per heavy atom. The lowest BCUT2D eigenvalue weighted by Crippen LogP contribution is -1.89. The maximum atomic E-state index is 10.8. The number of hydrogen-bond donors (Lipinski definition) is 1. The largest absolute Gasteiger partial charge is 0.477 e. The molecular weight excluding hydrogens is 230 g/mol. The molecule has 78 valence electrons. The van der Waals surface area contributed by atoms with Crippen LogP contribution in [0.4, 0.5) is 0 Å². The molecule has 2 aromatic rings. The molecule has 15 heavy (non-hydrogen) atoms. The molecule has 0 radical (unpaired) electrons. The summed E-state index contributed by atoms with van der Waals surface area (Å²) in [4.78, 5) is 17.5. The zero-order valence-corrected chi connectivity index (χ0v) is 9.91. The number of carbonyl (C=O) groups is 1. The molecule has 0 aliphatic carbocycles. The Kier molecular flexibility index (Phi) is 2.58. The molecule has 0 unspecified atom stereocenters. The van der Waals surface area contributed by atoms with E-state index in [9.17, 15) is 4.79 Å². The van der Waals surface area contributed by atoms with Gasteiger partial charge in [0.2, 0.25) is 0 Å². The number of rotatable bonds is 2. The monoisotopic (exact) mass is 239 g/mol. The quantitative estimate of drug-likeness (QED) is 0.875. The van der Waals surface area contributed by atoms with Gasteiger partial charge in [-0.15, -0.1) is 22.7 Å². The molecule has 3 nitrogen and oxygen atoms in total. The number of carboxylic acid groups (broad SMARTS) is 1. The average Bonchev–Trinajstić information content (AvgIpc) is 2.71. The minimum Gasteiger partial charge on any atom is -0.477 e. The summed E-state index contributed by atoms with van der Waals surface area (Å²) >= 11 is 2.86. The normalized spacial score (nSPS) is 10.5. The summed E-state index contributed by atoms with van der Waals surface area (Å²) in [6.45, 7) is 3.86. The average molecular weight is 239 g/mol. The summed E-state index contributed by atoms with van der Waals surface area (Å²) in [5.74, 6) is -0.864. The lowest BCUT2D eigenvalue weighted by molar-refractivity contribution is 0.0702. The fraction of sp³-hybridized carbons (Fsp3) is 0.200. The van der Waals surface area contributed by atoms with E-state index in [1.54, 1.807) is 22.9 Å². The van der Waals surface area contributed by atoms with Crippen LogP contribution in [0.5, 0.6) is 0 Å². The number of thiophene rings is 1. The van der Waals surface area contributed by atoms with Gasteiger partial charge in [-0.25, -0.2) is 9.78 Å². The number of aryl methyl sites for hydroxylation is 2. The summed E-state index contributed by atoms with van der Waals surface area (Å²) in [6.07, 6.45) is 0. The van der Waals surface area contributed by atoms with Crippen LogP contribution in [0.1, 0.15) is 20.9 Å². The van der Waals surface area contributed by atoms with Gasteiger partial charge in [-0.05, 0) is 25.5 Å². The van der Waals surface area contributed by atoms with E-state index in [1.807, 2.05) is 13.8 Å². The molecule has 0 saturated carbocycles. The lowest BCUT2D eigenvalue weighted by atomic mass is 10.2. The van der Waals surface area contributed by atoms with E-state index in [1.165, 1.54) is 11.3 Å². The van der Waals surface area contributed by atoms with Crippen molar-refractivity contribution in [1.29, 1.82) is 0 Å². The minimum atomic E-state index is -0.864. The molecule has 2 aromatic heterocycles. The third kappa shape index (κ3) is 1.80. The first-order chi connectivity index (χ1) is 7.09. The van der Waals surface area contributed by atoms with Crippen molar-refractivity contribution in [3.8, 4) is 9.75 Å². The molecule has 2 rings (SSSR count). The van der Waals surface area contributed by atoms with E-state index < -0.39 is 5.97 Å². The summed E-state index contributed by atoms with van der Waals surface area (Å²) in [5.41, 5.74) is 3.75. The van der Waals surface area contributed by atoms with Gasteiger partial charge in [-0.3, -0.25) is 0 Å². The molecule has 0 aromatic carbocycles. The molecule has 1 N–H and O–H groups in total. The van der Waals surface area contributed by atoms with E-state index in [-0.39, 0.29) is 0 Å². The third-order valence-electron chi connectivity index (χ3n) is 2.08. The fourth-order valence-electron chi connectivity index (χ4n) is 1.33. The molecule has 0 fully saturated rings. The number of aromatic carboxylic acids is 1. The summed E-state index contributed by atoms with van der Waals surface area (Å²) in [7, 11) is 0. The molecule has 0 saturated heterocycles. The van der Waals surface area contributed by atoms with Gasteiger partial charge in [-0.1, -0.05) is 0 Å². The Labute approximate surface area is 95.0 Å². The van der Waals surface area contributed by atoms with Gasteiger partial charge in [0.15, 0.2) is 0 Å². The van der Waals surface area contributed by atoms with E-state index in [0.717, 1.165) is 21.0 Å². The summed E-state index contributed by atoms with van der Waals surface area (Å²) < 4.78 is 0. The number of carboxylic acids is 1. The second kappa shape index (κ2) is 3.75. The highest BCUT2D eigenvalue weighted by molar-refractivity contribution is 7.22. The maximum Gasteiger partial charge on any atom is 0.345 e. The van der Waals surface area contributed by atoms with Gasteiger partial charge < -0.3 is 5.11 Å². The van der Waals surface area contributed by atoms with Crippen molar-refractivity contribution in [3.05, 3.63) is 27.7 Å². The van der Waals surface area contributed by atoms with Crippen LogP contribution in [0.3, 0.4) is 0 Å². The molecule has 0 atom stereocenters. The SMILES string of the molecule is Cc1cc(C(=O)O)sc1-c1scnc1C. The van der Waals surface area contributed by atoms with Crippen molar-refractivity contribution in [1.82, 2.24) is 4.98 Å². The predicted octanol–water partition coefficient (Wildman–Crippen LogP) is 3.19. The van der Waals surface area contributed by atoms with Crippen molar-refractivity contribution >= 4 is 28.6 Å². The van der Waals surface area contributed by atoms with Crippen LogP contribution in [0.25, 0.3) is 9.75 Å². The van der Waals surface area contributed by atoms with E-state index in [0.29, 0.717) is 4.88 Å². The van der Waals surface area contributed by atoms with Crippen LogP contribution >= 0.6 is 22.7 Å². The first-order valence-electron chi connectivity index (χ1n) is 4.33. The molecule has 0 spiro atoms. The van der Waals surface area contributed by atoms with Crippen LogP contribution in [0.2, 0.25) is 0 Å². The van der Waals surface area contributed by atoms with Crippen LogP contribution in [0.15, 0.2) is 11.6 Å². The third-order valence-corrected chi connectivity index (χ3v) is 4.40. The molecule has 0 aliphatic rings. The number of aromatic nitrogens is 1. The topological polar surface area (TPSA) is 50.2 Å².